The van der Waals surface area contributed by atoms with E-state index in [4.69, 9.17) is 0 Å². The molecule has 0 radical (unpaired) electrons. The first-order valence-electron chi connectivity index (χ1n) is 7.03. The lowest BCUT2D eigenvalue weighted by molar-refractivity contribution is 0.104. The Labute approximate surface area is 114 Å². The van der Waals surface area contributed by atoms with E-state index in [0.717, 1.165) is 43.6 Å². The average Bonchev–Trinajstić information content (AvgIpc) is 2.87. The molecule has 1 aromatic carbocycles. The van der Waals surface area contributed by atoms with E-state index in [0.29, 0.717) is 0 Å². The first-order chi connectivity index (χ1) is 9.15. The van der Waals surface area contributed by atoms with Gasteiger partial charge in [0, 0.05) is 31.7 Å². The van der Waals surface area contributed by atoms with Gasteiger partial charge in [0.05, 0.1) is 17.4 Å². The van der Waals surface area contributed by atoms with Crippen LogP contribution in [0.1, 0.15) is 19.4 Å². The predicted molar refractivity (Wildman–Crippen MR) is 78.3 cm³/mol. The van der Waals surface area contributed by atoms with E-state index in [2.05, 4.69) is 52.2 Å². The van der Waals surface area contributed by atoms with Gasteiger partial charge in [0.25, 0.3) is 0 Å². The van der Waals surface area contributed by atoms with E-state index in [1.807, 2.05) is 0 Å². The van der Waals surface area contributed by atoms with Crippen molar-refractivity contribution in [3.05, 3.63) is 30.1 Å². The molecule has 2 aromatic rings. The molecule has 2 N–H and O–H groups in total. The topological polar surface area (TPSA) is 44.0 Å². The van der Waals surface area contributed by atoms with Gasteiger partial charge in [0.2, 0.25) is 0 Å². The van der Waals surface area contributed by atoms with Crippen molar-refractivity contribution < 1.29 is 0 Å². The van der Waals surface area contributed by atoms with Gasteiger partial charge in [0.1, 0.15) is 0 Å². The van der Waals surface area contributed by atoms with Crippen LogP contribution in [0.25, 0.3) is 11.0 Å². The van der Waals surface area contributed by atoms with Crippen molar-refractivity contribution in [2.75, 3.05) is 26.2 Å². The van der Waals surface area contributed by atoms with Crippen LogP contribution in [0.4, 0.5) is 0 Å². The van der Waals surface area contributed by atoms with Gasteiger partial charge in [-0.2, -0.15) is 0 Å². The smallest absolute Gasteiger partial charge is 0.0931 e. The first kappa shape index (κ1) is 12.6. The van der Waals surface area contributed by atoms with E-state index < -0.39 is 0 Å². The highest BCUT2D eigenvalue weighted by molar-refractivity contribution is 5.75. The predicted octanol–water partition coefficient (Wildman–Crippen LogP) is 1.79. The third kappa shape index (κ3) is 2.65. The molecule has 1 saturated heterocycles. The SMILES string of the molecule is CC(C)(Cc1ccc2nc[nH]c2c1)N1CCNCC1. The fourth-order valence-electron chi connectivity index (χ4n) is 2.97. The number of rotatable bonds is 3. The number of aromatic nitrogens is 2. The second-order valence-corrected chi connectivity index (χ2v) is 5.98. The molecule has 0 atom stereocenters. The van der Waals surface area contributed by atoms with Gasteiger partial charge in [-0.1, -0.05) is 6.07 Å². The van der Waals surface area contributed by atoms with Crippen LogP contribution >= 0.6 is 0 Å². The number of fused-ring (bicyclic) bond motifs is 1. The zero-order valence-electron chi connectivity index (χ0n) is 11.7. The largest absolute Gasteiger partial charge is 0.345 e. The van der Waals surface area contributed by atoms with Crippen molar-refractivity contribution in [1.82, 2.24) is 20.2 Å². The second kappa shape index (κ2) is 4.94. The summed E-state index contributed by atoms with van der Waals surface area (Å²) in [4.78, 5) is 10.0. The number of hydrogen-bond donors (Lipinski definition) is 2. The number of nitrogens with one attached hydrogen (secondary N) is 2. The highest BCUT2D eigenvalue weighted by Crippen LogP contribution is 2.22. The highest BCUT2D eigenvalue weighted by atomic mass is 15.2. The van der Waals surface area contributed by atoms with Gasteiger partial charge in [-0.15, -0.1) is 0 Å². The molecule has 1 aliphatic heterocycles. The maximum Gasteiger partial charge on any atom is 0.0931 e. The average molecular weight is 258 g/mol. The Morgan fingerprint density at radius 3 is 2.84 bits per heavy atom. The third-order valence-electron chi connectivity index (χ3n) is 4.09. The molecule has 0 unspecified atom stereocenters. The van der Waals surface area contributed by atoms with Gasteiger partial charge in [-0.3, -0.25) is 4.90 Å². The molecular formula is C15H22N4. The molecule has 0 spiro atoms. The van der Waals surface area contributed by atoms with Gasteiger partial charge >= 0.3 is 0 Å². The summed E-state index contributed by atoms with van der Waals surface area (Å²) in [5.74, 6) is 0. The van der Waals surface area contributed by atoms with Gasteiger partial charge in [0.15, 0.2) is 0 Å². The summed E-state index contributed by atoms with van der Waals surface area (Å²) in [7, 11) is 0. The van der Waals surface area contributed by atoms with Crippen molar-refractivity contribution >= 4 is 11.0 Å². The molecule has 1 aliphatic rings. The molecule has 0 bridgehead atoms. The van der Waals surface area contributed by atoms with Crippen LogP contribution in [0, 0.1) is 0 Å². The minimum Gasteiger partial charge on any atom is -0.345 e. The lowest BCUT2D eigenvalue weighted by atomic mass is 9.92. The normalized spacial score (nSPS) is 18.0. The minimum absolute atomic E-state index is 0.204. The number of piperazine rings is 1. The molecule has 102 valence electrons. The minimum atomic E-state index is 0.204. The van der Waals surface area contributed by atoms with Crippen LogP contribution < -0.4 is 5.32 Å². The number of nitrogens with zero attached hydrogens (tertiary/aromatic N) is 2. The Kier molecular flexibility index (Phi) is 3.29. The maximum atomic E-state index is 4.27. The number of benzene rings is 1. The molecule has 0 saturated carbocycles. The molecule has 1 fully saturated rings. The third-order valence-corrected chi connectivity index (χ3v) is 4.09. The molecule has 19 heavy (non-hydrogen) atoms. The molecule has 4 heteroatoms. The van der Waals surface area contributed by atoms with Crippen molar-refractivity contribution in [2.45, 2.75) is 25.8 Å². The summed E-state index contributed by atoms with van der Waals surface area (Å²) < 4.78 is 0. The van der Waals surface area contributed by atoms with Crippen LogP contribution in [0.2, 0.25) is 0 Å². The van der Waals surface area contributed by atoms with Crippen LogP contribution in [0.3, 0.4) is 0 Å². The van der Waals surface area contributed by atoms with E-state index in [9.17, 15) is 0 Å². The Morgan fingerprint density at radius 2 is 2.05 bits per heavy atom. The summed E-state index contributed by atoms with van der Waals surface area (Å²) in [6, 6.07) is 6.54. The molecule has 2 heterocycles. The lowest BCUT2D eigenvalue weighted by Crippen LogP contribution is -2.54. The Hall–Kier alpha value is -1.39. The monoisotopic (exact) mass is 258 g/mol. The molecule has 4 nitrogen and oxygen atoms in total. The van der Waals surface area contributed by atoms with Crippen LogP contribution in [-0.2, 0) is 6.42 Å². The van der Waals surface area contributed by atoms with Gasteiger partial charge in [-0.25, -0.2) is 4.98 Å². The molecular weight excluding hydrogens is 236 g/mol. The van der Waals surface area contributed by atoms with Crippen molar-refractivity contribution in [1.29, 1.82) is 0 Å². The van der Waals surface area contributed by atoms with E-state index in [-0.39, 0.29) is 5.54 Å². The summed E-state index contributed by atoms with van der Waals surface area (Å²) in [5.41, 5.74) is 3.76. The van der Waals surface area contributed by atoms with Crippen molar-refractivity contribution in [2.24, 2.45) is 0 Å². The Balaban J connectivity index is 1.78. The van der Waals surface area contributed by atoms with E-state index in [1.54, 1.807) is 6.33 Å². The molecule has 3 rings (SSSR count). The van der Waals surface area contributed by atoms with Crippen LogP contribution in [0.5, 0.6) is 0 Å². The maximum absolute atomic E-state index is 4.27. The summed E-state index contributed by atoms with van der Waals surface area (Å²) in [6.45, 7) is 9.16. The quantitative estimate of drug-likeness (QED) is 0.882. The van der Waals surface area contributed by atoms with Gasteiger partial charge in [-0.05, 0) is 38.0 Å². The second-order valence-electron chi connectivity index (χ2n) is 5.98. The molecule has 0 aliphatic carbocycles. The summed E-state index contributed by atoms with van der Waals surface area (Å²) in [5, 5.41) is 3.42. The van der Waals surface area contributed by atoms with Crippen LogP contribution in [0.15, 0.2) is 24.5 Å². The van der Waals surface area contributed by atoms with E-state index in [1.165, 1.54) is 5.56 Å². The fourth-order valence-corrected chi connectivity index (χ4v) is 2.97. The molecule has 0 amide bonds. The number of aromatic amines is 1. The van der Waals surface area contributed by atoms with Gasteiger partial charge < -0.3 is 10.3 Å². The number of imidazole rings is 1. The zero-order chi connectivity index (χ0) is 13.3. The van der Waals surface area contributed by atoms with Crippen molar-refractivity contribution in [3.8, 4) is 0 Å². The lowest BCUT2D eigenvalue weighted by Gasteiger charge is -2.41. The Morgan fingerprint density at radius 1 is 1.26 bits per heavy atom. The zero-order valence-corrected chi connectivity index (χ0v) is 11.7. The Bertz CT molecular complexity index is 552. The van der Waals surface area contributed by atoms with E-state index >= 15 is 0 Å². The highest BCUT2D eigenvalue weighted by Gasteiger charge is 2.27. The van der Waals surface area contributed by atoms with Crippen molar-refractivity contribution in [3.63, 3.8) is 0 Å². The number of hydrogen-bond acceptors (Lipinski definition) is 3. The summed E-state index contributed by atoms with van der Waals surface area (Å²) in [6.07, 6.45) is 2.83. The first-order valence-corrected chi connectivity index (χ1v) is 7.03. The molecule has 1 aromatic heterocycles. The number of H-pyrrole nitrogens is 1. The van der Waals surface area contributed by atoms with Crippen LogP contribution in [-0.4, -0.2) is 46.6 Å². The standard InChI is InChI=1S/C15H22N4/c1-15(2,19-7-5-16-6-8-19)10-12-3-4-13-14(9-12)18-11-17-13/h3-4,9,11,16H,5-8,10H2,1-2H3,(H,17,18). The summed E-state index contributed by atoms with van der Waals surface area (Å²) >= 11 is 0. The fraction of sp³-hybridized carbons (Fsp3) is 0.533.